The Morgan fingerprint density at radius 2 is 1.73 bits per heavy atom. The summed E-state index contributed by atoms with van der Waals surface area (Å²) in [4.78, 5) is 18.9. The molecule has 4 rings (SSSR count). The van der Waals surface area contributed by atoms with Crippen LogP contribution in [0.15, 0.2) is 59.7 Å². The average Bonchev–Trinajstić information content (AvgIpc) is 2.87. The fraction of sp³-hybridized carbons (Fsp3) is 0.462. The normalized spacial score (nSPS) is 18.8. The van der Waals surface area contributed by atoms with E-state index in [4.69, 9.17) is 4.98 Å². The highest BCUT2D eigenvalue weighted by atomic mass is 15.3. The first-order valence-electron chi connectivity index (χ1n) is 12.0. The minimum absolute atomic E-state index is 0.738. The molecule has 2 aliphatic heterocycles. The molecule has 2 aliphatic rings. The Labute approximate surface area is 198 Å². The molecule has 0 radical (unpaired) electrons. The zero-order chi connectivity index (χ0) is 22.9. The summed E-state index contributed by atoms with van der Waals surface area (Å²) >= 11 is 0. The predicted octanol–water partition coefficient (Wildman–Crippen LogP) is 2.24. The van der Waals surface area contributed by atoms with Gasteiger partial charge in [0.1, 0.15) is 5.82 Å². The standard InChI is InChI=1S/C26H37N7/c1-27-26(29-22-24-11-6-12-28-25(24)32-18-14-30(2)15-19-32)33-20-16-31(17-21-33)13-7-10-23-8-4-3-5-9-23/h3-12H,13-22H2,1-2H3,(H,27,29)/b10-7+. The SMILES string of the molecule is CN=C(NCc1cccnc1N1CCN(C)CC1)N1CCN(C/C=C/c2ccccc2)CC1. The zero-order valence-electron chi connectivity index (χ0n) is 20.0. The molecule has 0 saturated carbocycles. The summed E-state index contributed by atoms with van der Waals surface area (Å²) in [7, 11) is 4.06. The van der Waals surface area contributed by atoms with E-state index in [1.165, 1.54) is 11.1 Å². The second-order valence-corrected chi connectivity index (χ2v) is 8.78. The molecule has 1 N–H and O–H groups in total. The van der Waals surface area contributed by atoms with Gasteiger partial charge in [0, 0.05) is 84.3 Å². The first-order chi connectivity index (χ1) is 16.2. The highest BCUT2D eigenvalue weighted by Gasteiger charge is 2.21. The predicted molar refractivity (Wildman–Crippen MR) is 138 cm³/mol. The van der Waals surface area contributed by atoms with E-state index in [9.17, 15) is 0 Å². The van der Waals surface area contributed by atoms with Crippen LogP contribution in [0.5, 0.6) is 0 Å². The minimum Gasteiger partial charge on any atom is -0.354 e. The number of piperazine rings is 2. The van der Waals surface area contributed by atoms with Crippen LogP contribution in [0.3, 0.4) is 0 Å². The van der Waals surface area contributed by atoms with Crippen molar-refractivity contribution in [3.8, 4) is 0 Å². The number of hydrogen-bond acceptors (Lipinski definition) is 5. The molecule has 0 atom stereocenters. The summed E-state index contributed by atoms with van der Waals surface area (Å²) in [5.74, 6) is 2.08. The van der Waals surface area contributed by atoms with E-state index in [2.05, 4.69) is 85.5 Å². The number of anilines is 1. The van der Waals surface area contributed by atoms with Crippen LogP contribution in [0.4, 0.5) is 5.82 Å². The van der Waals surface area contributed by atoms with Crippen molar-refractivity contribution in [1.82, 2.24) is 25.0 Å². The first-order valence-corrected chi connectivity index (χ1v) is 12.0. The third-order valence-corrected chi connectivity index (χ3v) is 6.46. The van der Waals surface area contributed by atoms with Crippen LogP contribution in [0.1, 0.15) is 11.1 Å². The minimum atomic E-state index is 0.738. The van der Waals surface area contributed by atoms with Crippen molar-refractivity contribution in [2.24, 2.45) is 4.99 Å². The van der Waals surface area contributed by atoms with Crippen molar-refractivity contribution in [2.45, 2.75) is 6.54 Å². The van der Waals surface area contributed by atoms with Crippen LogP contribution in [0, 0.1) is 0 Å². The molecule has 7 heteroatoms. The third kappa shape index (κ3) is 6.55. The van der Waals surface area contributed by atoms with Gasteiger partial charge in [-0.05, 0) is 18.7 Å². The molecular weight excluding hydrogens is 410 g/mol. The molecule has 0 aliphatic carbocycles. The molecule has 33 heavy (non-hydrogen) atoms. The fourth-order valence-corrected chi connectivity index (χ4v) is 4.42. The Morgan fingerprint density at radius 1 is 0.970 bits per heavy atom. The van der Waals surface area contributed by atoms with E-state index >= 15 is 0 Å². The summed E-state index contributed by atoms with van der Waals surface area (Å²) in [6.07, 6.45) is 6.37. The number of guanidine groups is 1. The highest BCUT2D eigenvalue weighted by Crippen LogP contribution is 2.18. The van der Waals surface area contributed by atoms with Gasteiger partial charge in [0.15, 0.2) is 5.96 Å². The molecule has 2 fully saturated rings. The Kier molecular flexibility index (Phi) is 8.33. The molecule has 0 amide bonds. The Balaban J connectivity index is 1.26. The summed E-state index contributed by atoms with van der Waals surface area (Å²) in [5.41, 5.74) is 2.49. The zero-order valence-corrected chi connectivity index (χ0v) is 20.0. The molecule has 2 saturated heterocycles. The maximum atomic E-state index is 4.70. The van der Waals surface area contributed by atoms with Gasteiger partial charge in [-0.15, -0.1) is 0 Å². The number of hydrogen-bond donors (Lipinski definition) is 1. The number of pyridine rings is 1. The van der Waals surface area contributed by atoms with Gasteiger partial charge in [-0.2, -0.15) is 0 Å². The lowest BCUT2D eigenvalue weighted by atomic mass is 10.2. The quantitative estimate of drug-likeness (QED) is 0.542. The molecule has 0 spiro atoms. The Hall–Kier alpha value is -2.90. The summed E-state index contributed by atoms with van der Waals surface area (Å²) < 4.78 is 0. The van der Waals surface area contributed by atoms with Gasteiger partial charge in [-0.3, -0.25) is 9.89 Å². The third-order valence-electron chi connectivity index (χ3n) is 6.46. The molecule has 176 valence electrons. The van der Waals surface area contributed by atoms with Crippen LogP contribution in [-0.4, -0.2) is 98.6 Å². The maximum absolute atomic E-state index is 4.70. The lowest BCUT2D eigenvalue weighted by Crippen LogP contribution is -2.52. The number of benzene rings is 1. The molecule has 2 aromatic rings. The van der Waals surface area contributed by atoms with Crippen LogP contribution >= 0.6 is 0 Å². The molecule has 7 nitrogen and oxygen atoms in total. The van der Waals surface area contributed by atoms with Crippen LogP contribution in [-0.2, 0) is 6.54 Å². The monoisotopic (exact) mass is 447 g/mol. The van der Waals surface area contributed by atoms with Crippen LogP contribution in [0.2, 0.25) is 0 Å². The molecule has 0 bridgehead atoms. The number of likely N-dealkylation sites (N-methyl/N-ethyl adjacent to an activating group) is 1. The second-order valence-electron chi connectivity index (χ2n) is 8.78. The average molecular weight is 448 g/mol. The van der Waals surface area contributed by atoms with Crippen molar-refractivity contribution in [3.63, 3.8) is 0 Å². The van der Waals surface area contributed by atoms with Crippen molar-refractivity contribution >= 4 is 17.9 Å². The van der Waals surface area contributed by atoms with Gasteiger partial charge < -0.3 is 20.0 Å². The number of nitrogens with one attached hydrogen (secondary N) is 1. The van der Waals surface area contributed by atoms with E-state index in [1.54, 1.807) is 0 Å². The summed E-state index contributed by atoms with van der Waals surface area (Å²) in [6.45, 7) is 9.98. The molecular formula is C26H37N7. The maximum Gasteiger partial charge on any atom is 0.194 e. The molecule has 0 unspecified atom stereocenters. The summed E-state index contributed by atoms with van der Waals surface area (Å²) in [6, 6.07) is 14.7. The smallest absolute Gasteiger partial charge is 0.194 e. The van der Waals surface area contributed by atoms with E-state index < -0.39 is 0 Å². The van der Waals surface area contributed by atoms with E-state index in [0.29, 0.717) is 0 Å². The number of nitrogens with zero attached hydrogens (tertiary/aromatic N) is 6. The number of aliphatic imine (C=N–C) groups is 1. The molecule has 1 aromatic heterocycles. The lowest BCUT2D eigenvalue weighted by molar-refractivity contribution is 0.194. The van der Waals surface area contributed by atoms with Crippen LogP contribution < -0.4 is 10.2 Å². The van der Waals surface area contributed by atoms with E-state index in [0.717, 1.165) is 77.2 Å². The largest absolute Gasteiger partial charge is 0.354 e. The van der Waals surface area contributed by atoms with Crippen LogP contribution in [0.25, 0.3) is 6.08 Å². The van der Waals surface area contributed by atoms with Crippen molar-refractivity contribution < 1.29 is 0 Å². The molecule has 1 aromatic carbocycles. The van der Waals surface area contributed by atoms with E-state index in [1.807, 2.05) is 19.3 Å². The van der Waals surface area contributed by atoms with Gasteiger partial charge in [0.25, 0.3) is 0 Å². The highest BCUT2D eigenvalue weighted by molar-refractivity contribution is 5.80. The Bertz CT molecular complexity index is 911. The van der Waals surface area contributed by atoms with Gasteiger partial charge in [0.05, 0.1) is 0 Å². The van der Waals surface area contributed by atoms with Crippen molar-refractivity contribution in [1.29, 1.82) is 0 Å². The van der Waals surface area contributed by atoms with Gasteiger partial charge >= 0.3 is 0 Å². The van der Waals surface area contributed by atoms with Gasteiger partial charge in [-0.25, -0.2) is 4.98 Å². The lowest BCUT2D eigenvalue weighted by Gasteiger charge is -2.36. The fourth-order valence-electron chi connectivity index (χ4n) is 4.42. The van der Waals surface area contributed by atoms with Gasteiger partial charge in [0.2, 0.25) is 0 Å². The van der Waals surface area contributed by atoms with Gasteiger partial charge in [-0.1, -0.05) is 48.6 Å². The summed E-state index contributed by atoms with van der Waals surface area (Å²) in [5, 5.41) is 3.59. The van der Waals surface area contributed by atoms with E-state index in [-0.39, 0.29) is 0 Å². The number of rotatable bonds is 6. The molecule has 3 heterocycles. The van der Waals surface area contributed by atoms with Crippen molar-refractivity contribution in [3.05, 3.63) is 65.9 Å². The topological polar surface area (TPSA) is 50.2 Å². The Morgan fingerprint density at radius 3 is 2.45 bits per heavy atom. The first kappa shape index (κ1) is 23.3. The van der Waals surface area contributed by atoms with Crippen molar-refractivity contribution in [2.75, 3.05) is 77.9 Å². The number of aromatic nitrogens is 1. The second kappa shape index (κ2) is 11.8.